The van der Waals surface area contributed by atoms with Crippen molar-refractivity contribution < 1.29 is 17.9 Å². The Hall–Kier alpha value is -2.25. The van der Waals surface area contributed by atoms with Crippen LogP contribution in [0.5, 0.6) is 11.5 Å². The number of rotatable bonds is 8. The highest BCUT2D eigenvalue weighted by molar-refractivity contribution is 7.92. The molecular weight excluding hydrogens is 388 g/mol. The Morgan fingerprint density at radius 3 is 2.45 bits per heavy atom. The van der Waals surface area contributed by atoms with Crippen LogP contribution < -0.4 is 14.2 Å². The Morgan fingerprint density at radius 1 is 1.03 bits per heavy atom. The Bertz CT molecular complexity index is 924. The highest BCUT2D eigenvalue weighted by atomic mass is 32.2. The maximum atomic E-state index is 13.1. The van der Waals surface area contributed by atoms with E-state index in [0.717, 1.165) is 5.56 Å². The van der Waals surface area contributed by atoms with Gasteiger partial charge in [0.05, 0.1) is 19.9 Å². The topological polar surface area (TPSA) is 67.9 Å². The van der Waals surface area contributed by atoms with Crippen LogP contribution in [0.3, 0.4) is 0 Å². The molecule has 0 aliphatic heterocycles. The van der Waals surface area contributed by atoms with E-state index in [1.165, 1.54) is 52.4 Å². The minimum absolute atomic E-state index is 0.0507. The zero-order valence-corrected chi connectivity index (χ0v) is 18.2. The van der Waals surface area contributed by atoms with E-state index in [9.17, 15) is 8.42 Å². The Balaban J connectivity index is 1.85. The molecule has 7 heteroatoms. The van der Waals surface area contributed by atoms with Gasteiger partial charge in [0.2, 0.25) is 0 Å². The van der Waals surface area contributed by atoms with E-state index >= 15 is 0 Å². The fourth-order valence-corrected chi connectivity index (χ4v) is 5.16. The number of anilines is 1. The molecule has 0 amide bonds. The van der Waals surface area contributed by atoms with Crippen molar-refractivity contribution in [2.24, 2.45) is 0 Å². The van der Waals surface area contributed by atoms with Crippen LogP contribution in [-0.2, 0) is 16.6 Å². The second kappa shape index (κ2) is 9.50. The molecule has 0 radical (unpaired) electrons. The van der Waals surface area contributed by atoms with Crippen LogP contribution in [-0.4, -0.2) is 40.6 Å². The summed E-state index contributed by atoms with van der Waals surface area (Å²) in [4.78, 5) is 2.38. The summed E-state index contributed by atoms with van der Waals surface area (Å²) in [7, 11) is 1.23. The van der Waals surface area contributed by atoms with Crippen LogP contribution in [0.4, 0.5) is 5.69 Å². The van der Waals surface area contributed by atoms with E-state index in [4.69, 9.17) is 9.47 Å². The van der Waals surface area contributed by atoms with Crippen molar-refractivity contribution in [3.8, 4) is 11.5 Å². The maximum absolute atomic E-state index is 13.1. The van der Waals surface area contributed by atoms with Gasteiger partial charge in [0.1, 0.15) is 16.4 Å². The molecule has 2 aromatic rings. The number of nitrogens with zero attached hydrogens (tertiary/aromatic N) is 1. The van der Waals surface area contributed by atoms with Gasteiger partial charge in [-0.05, 0) is 43.7 Å². The van der Waals surface area contributed by atoms with Crippen molar-refractivity contribution >= 4 is 15.7 Å². The molecule has 1 aliphatic rings. The van der Waals surface area contributed by atoms with Gasteiger partial charge in [-0.2, -0.15) is 0 Å². The lowest BCUT2D eigenvalue weighted by Crippen LogP contribution is -2.33. The fourth-order valence-electron chi connectivity index (χ4n) is 3.87. The predicted octanol–water partition coefficient (Wildman–Crippen LogP) is 4.27. The van der Waals surface area contributed by atoms with E-state index in [2.05, 4.69) is 16.7 Å². The summed E-state index contributed by atoms with van der Waals surface area (Å²) >= 11 is 0. The second-order valence-corrected chi connectivity index (χ2v) is 9.14. The SMILES string of the molecule is COc1ccc(OC)c(S(=O)(=O)Nc2ccccc2CN(C)C2CCCCC2)c1. The van der Waals surface area contributed by atoms with Gasteiger partial charge in [-0.25, -0.2) is 8.42 Å². The van der Waals surface area contributed by atoms with Crippen molar-refractivity contribution in [3.05, 3.63) is 48.0 Å². The van der Waals surface area contributed by atoms with Crippen LogP contribution in [0.2, 0.25) is 0 Å². The van der Waals surface area contributed by atoms with Crippen LogP contribution in [0, 0.1) is 0 Å². The van der Waals surface area contributed by atoms with Gasteiger partial charge in [0, 0.05) is 18.7 Å². The van der Waals surface area contributed by atoms with Gasteiger partial charge < -0.3 is 9.47 Å². The summed E-state index contributed by atoms with van der Waals surface area (Å²) < 4.78 is 39.5. The number of sulfonamides is 1. The van der Waals surface area contributed by atoms with E-state index in [-0.39, 0.29) is 10.6 Å². The maximum Gasteiger partial charge on any atom is 0.265 e. The molecule has 1 saturated carbocycles. The molecule has 2 aromatic carbocycles. The van der Waals surface area contributed by atoms with E-state index in [1.807, 2.05) is 18.2 Å². The lowest BCUT2D eigenvalue weighted by molar-refractivity contribution is 0.185. The first-order valence-electron chi connectivity index (χ1n) is 9.97. The van der Waals surface area contributed by atoms with Gasteiger partial charge in [-0.1, -0.05) is 37.5 Å². The lowest BCUT2D eigenvalue weighted by atomic mass is 9.94. The number of benzene rings is 2. The zero-order valence-electron chi connectivity index (χ0n) is 17.3. The summed E-state index contributed by atoms with van der Waals surface area (Å²) in [5.41, 5.74) is 1.53. The minimum Gasteiger partial charge on any atom is -0.497 e. The zero-order chi connectivity index (χ0) is 20.9. The summed E-state index contributed by atoms with van der Waals surface area (Å²) in [6.07, 6.45) is 6.23. The molecule has 1 aliphatic carbocycles. The first kappa shape index (κ1) is 21.5. The molecule has 1 fully saturated rings. The van der Waals surface area contributed by atoms with E-state index in [0.29, 0.717) is 24.0 Å². The molecule has 0 saturated heterocycles. The summed E-state index contributed by atoms with van der Waals surface area (Å²) in [6, 6.07) is 12.8. The number of methoxy groups -OCH3 is 2. The highest BCUT2D eigenvalue weighted by Crippen LogP contribution is 2.31. The first-order valence-corrected chi connectivity index (χ1v) is 11.5. The molecule has 0 heterocycles. The van der Waals surface area contributed by atoms with Crippen LogP contribution in [0.15, 0.2) is 47.4 Å². The Labute approximate surface area is 173 Å². The summed E-state index contributed by atoms with van der Waals surface area (Å²) in [5, 5.41) is 0. The average molecular weight is 419 g/mol. The number of hydrogen-bond acceptors (Lipinski definition) is 5. The number of hydrogen-bond donors (Lipinski definition) is 1. The molecule has 0 bridgehead atoms. The second-order valence-electron chi connectivity index (χ2n) is 7.49. The third-order valence-corrected chi connectivity index (χ3v) is 6.93. The first-order chi connectivity index (χ1) is 13.9. The van der Waals surface area contributed by atoms with Gasteiger partial charge in [-0.3, -0.25) is 9.62 Å². The number of ether oxygens (including phenoxy) is 2. The molecule has 3 rings (SSSR count). The largest absolute Gasteiger partial charge is 0.497 e. The smallest absolute Gasteiger partial charge is 0.265 e. The normalized spacial score (nSPS) is 15.3. The molecule has 29 heavy (non-hydrogen) atoms. The highest BCUT2D eigenvalue weighted by Gasteiger charge is 2.23. The van der Waals surface area contributed by atoms with E-state index in [1.54, 1.807) is 18.2 Å². The molecule has 158 valence electrons. The molecular formula is C22H30N2O4S. The van der Waals surface area contributed by atoms with Crippen LogP contribution in [0.25, 0.3) is 0 Å². The Kier molecular flexibility index (Phi) is 7.03. The fraction of sp³-hybridized carbons (Fsp3) is 0.455. The quantitative estimate of drug-likeness (QED) is 0.693. The number of para-hydroxylation sites is 1. The van der Waals surface area contributed by atoms with Crippen molar-refractivity contribution in [3.63, 3.8) is 0 Å². The molecule has 1 N–H and O–H groups in total. The van der Waals surface area contributed by atoms with Crippen molar-refractivity contribution in [1.29, 1.82) is 0 Å². The van der Waals surface area contributed by atoms with Gasteiger partial charge >= 0.3 is 0 Å². The van der Waals surface area contributed by atoms with Gasteiger partial charge in [0.25, 0.3) is 10.0 Å². The van der Waals surface area contributed by atoms with Crippen molar-refractivity contribution in [2.45, 2.75) is 49.6 Å². The van der Waals surface area contributed by atoms with Gasteiger partial charge in [0.15, 0.2) is 0 Å². The minimum atomic E-state index is -3.85. The molecule has 0 aromatic heterocycles. The monoisotopic (exact) mass is 418 g/mol. The molecule has 6 nitrogen and oxygen atoms in total. The standard InChI is InChI=1S/C22H30N2O4S/c1-24(18-10-5-4-6-11-18)16-17-9-7-8-12-20(17)23-29(25,26)22-15-19(27-2)13-14-21(22)28-3/h7-9,12-15,18,23H,4-6,10-11,16H2,1-3H3. The van der Waals surface area contributed by atoms with Crippen molar-refractivity contribution in [1.82, 2.24) is 4.90 Å². The Morgan fingerprint density at radius 2 is 1.76 bits per heavy atom. The summed E-state index contributed by atoms with van der Waals surface area (Å²) in [5.74, 6) is 0.728. The van der Waals surface area contributed by atoms with Crippen molar-refractivity contribution in [2.75, 3.05) is 26.0 Å². The third-order valence-electron chi connectivity index (χ3n) is 5.54. The van der Waals surface area contributed by atoms with E-state index < -0.39 is 10.0 Å². The molecule has 0 unspecified atom stereocenters. The average Bonchev–Trinajstić information content (AvgIpc) is 2.75. The predicted molar refractivity (Wildman–Crippen MR) is 115 cm³/mol. The number of nitrogens with one attached hydrogen (secondary N) is 1. The lowest BCUT2D eigenvalue weighted by Gasteiger charge is -2.31. The van der Waals surface area contributed by atoms with Crippen LogP contribution >= 0.6 is 0 Å². The molecule has 0 spiro atoms. The summed E-state index contributed by atoms with van der Waals surface area (Å²) in [6.45, 7) is 0.693. The van der Waals surface area contributed by atoms with Gasteiger partial charge in [-0.15, -0.1) is 0 Å². The van der Waals surface area contributed by atoms with Crippen LogP contribution in [0.1, 0.15) is 37.7 Å². The third kappa shape index (κ3) is 5.22. The molecule has 0 atom stereocenters.